The Morgan fingerprint density at radius 1 is 1.33 bits per heavy atom. The molecule has 0 amide bonds. The topological polar surface area (TPSA) is 47.3 Å². The number of benzene rings is 1. The lowest BCUT2D eigenvalue weighted by Crippen LogP contribution is -2.27. The summed E-state index contributed by atoms with van der Waals surface area (Å²) in [4.78, 5) is 0. The van der Waals surface area contributed by atoms with Crippen LogP contribution in [0.15, 0.2) is 24.3 Å². The van der Waals surface area contributed by atoms with E-state index in [1.54, 1.807) is 0 Å². The van der Waals surface area contributed by atoms with E-state index in [2.05, 4.69) is 32.2 Å². The molecule has 0 spiro atoms. The van der Waals surface area contributed by atoms with Crippen LogP contribution >= 0.6 is 0 Å². The minimum atomic E-state index is 0.505. The number of anilines is 1. The molecule has 1 atom stereocenters. The van der Waals surface area contributed by atoms with Crippen molar-refractivity contribution in [2.24, 2.45) is 17.6 Å². The number of nitrogens with two attached hydrogens (primary N) is 1. The lowest BCUT2D eigenvalue weighted by Gasteiger charge is -2.20. The first-order chi connectivity index (χ1) is 8.67. The molecule has 18 heavy (non-hydrogen) atoms. The first-order valence-corrected chi connectivity index (χ1v) is 6.84. The van der Waals surface area contributed by atoms with Crippen molar-refractivity contribution in [3.05, 3.63) is 24.3 Å². The molecule has 0 fully saturated rings. The summed E-state index contributed by atoms with van der Waals surface area (Å²) in [6, 6.07) is 8.11. The van der Waals surface area contributed by atoms with Gasteiger partial charge in [0.25, 0.3) is 0 Å². The largest absolute Gasteiger partial charge is 0.494 e. The zero-order valence-electron chi connectivity index (χ0n) is 11.8. The van der Waals surface area contributed by atoms with E-state index in [1.165, 1.54) is 0 Å². The van der Waals surface area contributed by atoms with Crippen LogP contribution in [0, 0.1) is 11.8 Å². The highest BCUT2D eigenvalue weighted by Crippen LogP contribution is 2.18. The Bertz CT molecular complexity index is 339. The molecule has 1 aromatic rings. The van der Waals surface area contributed by atoms with Gasteiger partial charge in [0.2, 0.25) is 0 Å². The molecule has 0 heterocycles. The van der Waals surface area contributed by atoms with Crippen LogP contribution < -0.4 is 15.8 Å². The number of hydrogen-bond donors (Lipinski definition) is 2. The third-order valence-corrected chi connectivity index (χ3v) is 3.12. The molecule has 1 rings (SSSR count). The van der Waals surface area contributed by atoms with Crippen molar-refractivity contribution in [3.8, 4) is 5.75 Å². The van der Waals surface area contributed by atoms with Gasteiger partial charge in [-0.05, 0) is 36.9 Å². The van der Waals surface area contributed by atoms with Crippen molar-refractivity contribution in [3.63, 3.8) is 0 Å². The van der Waals surface area contributed by atoms with Gasteiger partial charge >= 0.3 is 0 Å². The van der Waals surface area contributed by atoms with E-state index in [-0.39, 0.29) is 0 Å². The molecule has 0 radical (unpaired) electrons. The Labute approximate surface area is 111 Å². The van der Waals surface area contributed by atoms with Crippen LogP contribution in [0.25, 0.3) is 0 Å². The summed E-state index contributed by atoms with van der Waals surface area (Å²) in [6.45, 7) is 8.92. The van der Waals surface area contributed by atoms with Crippen LogP contribution in [0.2, 0.25) is 0 Å². The van der Waals surface area contributed by atoms with Gasteiger partial charge in [-0.3, -0.25) is 0 Å². The van der Waals surface area contributed by atoms with Gasteiger partial charge in [-0.1, -0.05) is 26.8 Å². The zero-order chi connectivity index (χ0) is 13.4. The molecule has 102 valence electrons. The number of hydrogen-bond acceptors (Lipinski definition) is 3. The summed E-state index contributed by atoms with van der Waals surface area (Å²) in [6.07, 6.45) is 1.03. The second-order valence-electron chi connectivity index (χ2n) is 5.00. The maximum Gasteiger partial charge on any atom is 0.121 e. The van der Waals surface area contributed by atoms with E-state index >= 15 is 0 Å². The maximum absolute atomic E-state index is 5.77. The summed E-state index contributed by atoms with van der Waals surface area (Å²) in [5.74, 6) is 2.03. The number of ether oxygens (including phenoxy) is 1. The Balaban J connectivity index is 2.51. The molecule has 0 aliphatic rings. The van der Waals surface area contributed by atoms with Crippen LogP contribution in [0.4, 0.5) is 5.69 Å². The smallest absolute Gasteiger partial charge is 0.121 e. The first-order valence-electron chi connectivity index (χ1n) is 6.84. The second-order valence-corrected chi connectivity index (χ2v) is 5.00. The van der Waals surface area contributed by atoms with Crippen molar-refractivity contribution in [2.45, 2.75) is 27.2 Å². The first kappa shape index (κ1) is 14.8. The summed E-state index contributed by atoms with van der Waals surface area (Å²) < 4.78 is 5.61. The minimum Gasteiger partial charge on any atom is -0.494 e. The van der Waals surface area contributed by atoms with Crippen LogP contribution in [0.1, 0.15) is 27.2 Å². The molecular formula is C15H26N2O. The number of rotatable bonds is 8. The average molecular weight is 250 g/mol. The van der Waals surface area contributed by atoms with Crippen LogP contribution in [-0.2, 0) is 0 Å². The van der Waals surface area contributed by atoms with Crippen molar-refractivity contribution < 1.29 is 4.74 Å². The highest BCUT2D eigenvalue weighted by atomic mass is 16.5. The molecule has 0 bridgehead atoms. The van der Waals surface area contributed by atoms with E-state index in [4.69, 9.17) is 10.5 Å². The van der Waals surface area contributed by atoms with E-state index in [0.717, 1.165) is 37.6 Å². The molecule has 3 heteroatoms. The van der Waals surface area contributed by atoms with Gasteiger partial charge in [0.05, 0.1) is 6.61 Å². The molecule has 3 N–H and O–H groups in total. The van der Waals surface area contributed by atoms with E-state index in [1.807, 2.05) is 18.2 Å². The lowest BCUT2D eigenvalue weighted by atomic mass is 9.96. The van der Waals surface area contributed by atoms with Gasteiger partial charge in [-0.25, -0.2) is 0 Å². The highest BCUT2D eigenvalue weighted by molar-refractivity contribution is 5.48. The molecule has 1 unspecified atom stereocenters. The molecular weight excluding hydrogens is 224 g/mol. The maximum atomic E-state index is 5.77. The van der Waals surface area contributed by atoms with Crippen LogP contribution in [0.5, 0.6) is 5.75 Å². The highest BCUT2D eigenvalue weighted by Gasteiger charge is 2.10. The Morgan fingerprint density at radius 2 is 2.11 bits per heavy atom. The fraction of sp³-hybridized carbons (Fsp3) is 0.600. The molecule has 0 saturated heterocycles. The Morgan fingerprint density at radius 3 is 2.72 bits per heavy atom. The molecule has 0 aromatic heterocycles. The minimum absolute atomic E-state index is 0.505. The standard InChI is InChI=1S/C15H26N2O/c1-4-8-18-15-7-5-6-14(9-15)17-11-13(10-16)12(2)3/h5-7,9,12-13,17H,4,8,10-11,16H2,1-3H3. The van der Waals surface area contributed by atoms with E-state index < -0.39 is 0 Å². The third kappa shape index (κ3) is 4.96. The molecule has 0 saturated carbocycles. The lowest BCUT2D eigenvalue weighted by molar-refractivity contribution is 0.317. The molecule has 0 aliphatic heterocycles. The van der Waals surface area contributed by atoms with Gasteiger partial charge in [-0.15, -0.1) is 0 Å². The average Bonchev–Trinajstić information content (AvgIpc) is 2.37. The summed E-state index contributed by atoms with van der Waals surface area (Å²) >= 11 is 0. The second kappa shape index (κ2) is 7.98. The van der Waals surface area contributed by atoms with Gasteiger partial charge in [0.15, 0.2) is 0 Å². The van der Waals surface area contributed by atoms with Crippen molar-refractivity contribution in [1.29, 1.82) is 0 Å². The Hall–Kier alpha value is -1.22. The van der Waals surface area contributed by atoms with Crippen molar-refractivity contribution >= 4 is 5.69 Å². The van der Waals surface area contributed by atoms with E-state index in [0.29, 0.717) is 11.8 Å². The predicted molar refractivity (Wildman–Crippen MR) is 78.1 cm³/mol. The van der Waals surface area contributed by atoms with Gasteiger partial charge in [-0.2, -0.15) is 0 Å². The fourth-order valence-corrected chi connectivity index (χ4v) is 1.76. The third-order valence-electron chi connectivity index (χ3n) is 3.12. The van der Waals surface area contributed by atoms with Crippen LogP contribution in [0.3, 0.4) is 0 Å². The summed E-state index contributed by atoms with van der Waals surface area (Å²) in [5.41, 5.74) is 6.87. The SMILES string of the molecule is CCCOc1cccc(NCC(CN)C(C)C)c1. The van der Waals surface area contributed by atoms with Gasteiger partial charge in [0, 0.05) is 18.3 Å². The zero-order valence-corrected chi connectivity index (χ0v) is 11.8. The van der Waals surface area contributed by atoms with Gasteiger partial charge in [0.1, 0.15) is 5.75 Å². The molecule has 3 nitrogen and oxygen atoms in total. The fourth-order valence-electron chi connectivity index (χ4n) is 1.76. The quantitative estimate of drug-likeness (QED) is 0.745. The normalized spacial score (nSPS) is 12.5. The molecule has 1 aromatic carbocycles. The van der Waals surface area contributed by atoms with Crippen LogP contribution in [-0.4, -0.2) is 19.7 Å². The van der Waals surface area contributed by atoms with Gasteiger partial charge < -0.3 is 15.8 Å². The summed E-state index contributed by atoms with van der Waals surface area (Å²) in [7, 11) is 0. The predicted octanol–water partition coefficient (Wildman–Crippen LogP) is 3.12. The summed E-state index contributed by atoms with van der Waals surface area (Å²) in [5, 5.41) is 3.43. The van der Waals surface area contributed by atoms with Crippen molar-refractivity contribution in [2.75, 3.05) is 25.0 Å². The number of nitrogens with one attached hydrogen (secondary N) is 1. The van der Waals surface area contributed by atoms with E-state index in [9.17, 15) is 0 Å². The monoisotopic (exact) mass is 250 g/mol. The molecule has 0 aliphatic carbocycles. The Kier molecular flexibility index (Phi) is 6.58. The van der Waals surface area contributed by atoms with Crippen molar-refractivity contribution in [1.82, 2.24) is 0 Å².